The van der Waals surface area contributed by atoms with Crippen molar-refractivity contribution in [3.63, 3.8) is 0 Å². The van der Waals surface area contributed by atoms with E-state index >= 15 is 0 Å². The van der Waals surface area contributed by atoms with Gasteiger partial charge in [-0.3, -0.25) is 0 Å². The lowest BCUT2D eigenvalue weighted by atomic mass is 10.2. The second-order valence-electron chi connectivity index (χ2n) is 4.52. The zero-order valence-corrected chi connectivity index (χ0v) is 11.0. The van der Waals surface area contributed by atoms with Gasteiger partial charge in [0.15, 0.2) is 0 Å². The van der Waals surface area contributed by atoms with Crippen molar-refractivity contribution in [2.75, 3.05) is 26.4 Å². The maximum Gasteiger partial charge on any atom is 0.123 e. The third-order valence-corrected chi connectivity index (χ3v) is 2.77. The van der Waals surface area contributed by atoms with Gasteiger partial charge in [-0.2, -0.15) is 0 Å². The van der Waals surface area contributed by atoms with E-state index in [9.17, 15) is 0 Å². The van der Waals surface area contributed by atoms with Crippen molar-refractivity contribution in [3.05, 3.63) is 24.3 Å². The molecule has 4 nitrogen and oxygen atoms in total. The molecule has 0 bridgehead atoms. The quantitative estimate of drug-likeness (QED) is 0.867. The number of hydrogen-bond acceptors (Lipinski definition) is 4. The summed E-state index contributed by atoms with van der Waals surface area (Å²) in [7, 11) is 0. The van der Waals surface area contributed by atoms with Crippen LogP contribution in [0.3, 0.4) is 0 Å². The number of nitrogens with one attached hydrogen (secondary N) is 1. The molecule has 1 aromatic rings. The summed E-state index contributed by atoms with van der Waals surface area (Å²) in [5.74, 6) is 1.68. The fourth-order valence-electron chi connectivity index (χ4n) is 2.00. The molecule has 2 rings (SSSR count). The average molecular weight is 251 g/mol. The van der Waals surface area contributed by atoms with E-state index in [1.54, 1.807) is 0 Å². The van der Waals surface area contributed by atoms with Crippen molar-refractivity contribution in [1.82, 2.24) is 5.32 Å². The number of benzene rings is 1. The lowest BCUT2D eigenvalue weighted by molar-refractivity contribution is 0.0353. The highest BCUT2D eigenvalue weighted by Crippen LogP contribution is 2.19. The smallest absolute Gasteiger partial charge is 0.123 e. The van der Waals surface area contributed by atoms with Crippen molar-refractivity contribution < 1.29 is 14.2 Å². The van der Waals surface area contributed by atoms with Crippen molar-refractivity contribution >= 4 is 0 Å². The van der Waals surface area contributed by atoms with Crippen LogP contribution in [0, 0.1) is 0 Å². The summed E-state index contributed by atoms with van der Waals surface area (Å²) < 4.78 is 16.7. The summed E-state index contributed by atoms with van der Waals surface area (Å²) in [4.78, 5) is 0. The molecule has 1 aliphatic heterocycles. The second kappa shape index (κ2) is 6.61. The first kappa shape index (κ1) is 13.2. The summed E-state index contributed by atoms with van der Waals surface area (Å²) >= 11 is 0. The van der Waals surface area contributed by atoms with Gasteiger partial charge in [-0.05, 0) is 26.0 Å². The summed E-state index contributed by atoms with van der Waals surface area (Å²) in [6, 6.07) is 8.37. The lowest BCUT2D eigenvalue weighted by Gasteiger charge is -2.28. The molecular formula is C14H21NO3. The van der Waals surface area contributed by atoms with Crippen molar-refractivity contribution in [1.29, 1.82) is 0 Å². The second-order valence-corrected chi connectivity index (χ2v) is 4.52. The zero-order valence-electron chi connectivity index (χ0n) is 11.0. The van der Waals surface area contributed by atoms with Gasteiger partial charge < -0.3 is 19.5 Å². The van der Waals surface area contributed by atoms with Crippen molar-refractivity contribution in [3.8, 4) is 11.5 Å². The highest BCUT2D eigenvalue weighted by Gasteiger charge is 2.18. The van der Waals surface area contributed by atoms with E-state index in [1.807, 2.05) is 31.2 Å². The number of ether oxygens (including phenoxy) is 3. The molecule has 1 N–H and O–H groups in total. The Morgan fingerprint density at radius 2 is 2.06 bits per heavy atom. The first-order chi connectivity index (χ1) is 8.78. The van der Waals surface area contributed by atoms with Crippen LogP contribution < -0.4 is 14.8 Å². The highest BCUT2D eigenvalue weighted by atomic mass is 16.5. The molecule has 18 heavy (non-hydrogen) atoms. The predicted molar refractivity (Wildman–Crippen MR) is 70.3 cm³/mol. The summed E-state index contributed by atoms with van der Waals surface area (Å²) in [6.07, 6.45) is 0. The molecule has 2 atom stereocenters. The third-order valence-electron chi connectivity index (χ3n) is 2.77. The van der Waals surface area contributed by atoms with Gasteiger partial charge in [-0.25, -0.2) is 0 Å². The normalized spacial score (nSPS) is 23.7. The fraction of sp³-hybridized carbons (Fsp3) is 0.571. The molecule has 0 aliphatic carbocycles. The summed E-state index contributed by atoms with van der Waals surface area (Å²) in [5, 5.41) is 3.45. The van der Waals surface area contributed by atoms with Crippen molar-refractivity contribution in [2.45, 2.75) is 25.9 Å². The molecule has 1 aromatic carbocycles. The van der Waals surface area contributed by atoms with Crippen molar-refractivity contribution in [2.24, 2.45) is 0 Å². The molecule has 100 valence electrons. The molecule has 0 amide bonds. The Balaban J connectivity index is 1.83. The molecule has 2 unspecified atom stereocenters. The topological polar surface area (TPSA) is 39.7 Å². The van der Waals surface area contributed by atoms with Crippen LogP contribution in [0.4, 0.5) is 0 Å². The Hall–Kier alpha value is -1.26. The van der Waals surface area contributed by atoms with Crippen LogP contribution in [0.5, 0.6) is 11.5 Å². The van der Waals surface area contributed by atoms with Gasteiger partial charge in [0.25, 0.3) is 0 Å². The van der Waals surface area contributed by atoms with Gasteiger partial charge in [0.1, 0.15) is 18.1 Å². The van der Waals surface area contributed by atoms with E-state index in [1.165, 1.54) is 0 Å². The van der Waals surface area contributed by atoms with Crippen LogP contribution in [0.25, 0.3) is 0 Å². The van der Waals surface area contributed by atoms with Crippen LogP contribution in [-0.4, -0.2) is 38.5 Å². The fourth-order valence-corrected chi connectivity index (χ4v) is 2.00. The molecule has 1 saturated heterocycles. The Labute approximate surface area is 108 Å². The Bertz CT molecular complexity index is 370. The van der Waals surface area contributed by atoms with Gasteiger partial charge in [0, 0.05) is 12.1 Å². The maximum atomic E-state index is 5.76. The van der Waals surface area contributed by atoms with E-state index in [2.05, 4.69) is 12.2 Å². The number of hydrogen-bond donors (Lipinski definition) is 1. The van der Waals surface area contributed by atoms with E-state index in [0.717, 1.165) is 18.1 Å². The molecule has 0 spiro atoms. The van der Waals surface area contributed by atoms with Gasteiger partial charge in [-0.15, -0.1) is 0 Å². The van der Waals surface area contributed by atoms with E-state index < -0.39 is 0 Å². The average Bonchev–Trinajstić information content (AvgIpc) is 2.37. The maximum absolute atomic E-state index is 5.76. The number of morpholine rings is 1. The monoisotopic (exact) mass is 251 g/mol. The third kappa shape index (κ3) is 3.89. The van der Waals surface area contributed by atoms with Gasteiger partial charge in [-0.1, -0.05) is 6.07 Å². The Morgan fingerprint density at radius 3 is 2.78 bits per heavy atom. The molecule has 1 aliphatic rings. The minimum Gasteiger partial charge on any atom is -0.494 e. The molecule has 0 aromatic heterocycles. The molecule has 4 heteroatoms. The number of rotatable bonds is 5. The Kier molecular flexibility index (Phi) is 4.84. The first-order valence-corrected chi connectivity index (χ1v) is 6.47. The van der Waals surface area contributed by atoms with Gasteiger partial charge in [0.05, 0.1) is 25.9 Å². The minimum atomic E-state index is 0.254. The van der Waals surface area contributed by atoms with Crippen LogP contribution in [0.15, 0.2) is 24.3 Å². The SMILES string of the molecule is CCOc1cccc(OCC2COCC(C)N2)c1. The summed E-state index contributed by atoms with van der Waals surface area (Å²) in [5.41, 5.74) is 0. The van der Waals surface area contributed by atoms with Gasteiger partial charge >= 0.3 is 0 Å². The van der Waals surface area contributed by atoms with Crippen LogP contribution in [0.2, 0.25) is 0 Å². The standard InChI is InChI=1S/C14H21NO3/c1-3-17-13-5-4-6-14(7-13)18-10-12-9-16-8-11(2)15-12/h4-7,11-12,15H,3,8-10H2,1-2H3. The van der Waals surface area contributed by atoms with E-state index in [-0.39, 0.29) is 6.04 Å². The molecule has 0 radical (unpaired) electrons. The molecular weight excluding hydrogens is 230 g/mol. The lowest BCUT2D eigenvalue weighted by Crippen LogP contribution is -2.50. The van der Waals surface area contributed by atoms with Crippen LogP contribution in [0.1, 0.15) is 13.8 Å². The van der Waals surface area contributed by atoms with E-state index in [0.29, 0.717) is 25.9 Å². The summed E-state index contributed by atoms with van der Waals surface area (Å²) in [6.45, 7) is 6.84. The van der Waals surface area contributed by atoms with Gasteiger partial charge in [0.2, 0.25) is 0 Å². The van der Waals surface area contributed by atoms with E-state index in [4.69, 9.17) is 14.2 Å². The van der Waals surface area contributed by atoms with Crippen LogP contribution >= 0.6 is 0 Å². The highest BCUT2D eigenvalue weighted by molar-refractivity contribution is 5.32. The first-order valence-electron chi connectivity index (χ1n) is 6.47. The zero-order chi connectivity index (χ0) is 12.8. The minimum absolute atomic E-state index is 0.254. The Morgan fingerprint density at radius 1 is 1.28 bits per heavy atom. The largest absolute Gasteiger partial charge is 0.494 e. The predicted octanol–water partition coefficient (Wildman–Crippen LogP) is 1.84. The molecule has 1 heterocycles. The molecule has 0 saturated carbocycles. The van der Waals surface area contributed by atoms with Crippen LogP contribution in [-0.2, 0) is 4.74 Å². The molecule has 1 fully saturated rings.